The Morgan fingerprint density at radius 2 is 1.92 bits per heavy atom. The van der Waals surface area contributed by atoms with Crippen LogP contribution in [0.1, 0.15) is 5.56 Å². The van der Waals surface area contributed by atoms with E-state index in [9.17, 15) is 12.8 Å². The summed E-state index contributed by atoms with van der Waals surface area (Å²) >= 11 is 1.15. The van der Waals surface area contributed by atoms with Gasteiger partial charge in [-0.3, -0.25) is 4.72 Å². The van der Waals surface area contributed by atoms with Crippen molar-refractivity contribution >= 4 is 32.9 Å². The van der Waals surface area contributed by atoms with Crippen LogP contribution in [-0.4, -0.2) is 19.9 Å². The first-order chi connectivity index (χ1) is 12.0. The summed E-state index contributed by atoms with van der Waals surface area (Å²) in [7, 11) is -3.57. The number of pyridine rings is 1. The number of aromatic nitrogens is 1. The summed E-state index contributed by atoms with van der Waals surface area (Å²) < 4.78 is 40.5. The molecule has 2 aromatic heterocycles. The van der Waals surface area contributed by atoms with Crippen LogP contribution in [0.3, 0.4) is 0 Å². The minimum absolute atomic E-state index is 0.226. The lowest BCUT2D eigenvalue weighted by atomic mass is 10.1. The van der Waals surface area contributed by atoms with Gasteiger partial charge < -0.3 is 5.32 Å². The number of halogens is 1. The molecule has 0 spiro atoms. The number of hydrogen-bond donors (Lipinski definition) is 2. The van der Waals surface area contributed by atoms with Gasteiger partial charge in [0.05, 0.1) is 11.9 Å². The number of nitrogens with zero attached hydrogens (tertiary/aromatic N) is 1. The quantitative estimate of drug-likeness (QED) is 0.658. The third-order valence-corrected chi connectivity index (χ3v) is 6.21. The molecule has 0 bridgehead atoms. The van der Waals surface area contributed by atoms with Gasteiger partial charge in [0, 0.05) is 6.54 Å². The van der Waals surface area contributed by atoms with E-state index in [1.807, 2.05) is 0 Å². The van der Waals surface area contributed by atoms with Crippen molar-refractivity contribution in [3.8, 4) is 0 Å². The highest BCUT2D eigenvalue weighted by molar-refractivity contribution is 7.94. The molecule has 0 aliphatic heterocycles. The van der Waals surface area contributed by atoms with E-state index in [0.717, 1.165) is 11.3 Å². The summed E-state index contributed by atoms with van der Waals surface area (Å²) in [5.41, 5.74) is 1.02. The molecule has 0 radical (unpaired) electrons. The van der Waals surface area contributed by atoms with Gasteiger partial charge in [0.25, 0.3) is 10.0 Å². The van der Waals surface area contributed by atoms with Crippen LogP contribution in [0.5, 0.6) is 0 Å². The SMILES string of the molecule is O=S(=O)(Nc1ccc(NCCc2ccccc2F)nc1)c1cccs1. The molecule has 0 fully saturated rings. The molecule has 0 aliphatic carbocycles. The first-order valence-corrected chi connectivity index (χ1v) is 9.90. The van der Waals surface area contributed by atoms with E-state index < -0.39 is 10.0 Å². The molecule has 130 valence electrons. The zero-order valence-corrected chi connectivity index (χ0v) is 14.8. The Morgan fingerprint density at radius 3 is 2.60 bits per heavy atom. The molecule has 0 atom stereocenters. The Bertz CT molecular complexity index is 927. The molecular weight excluding hydrogens is 361 g/mol. The zero-order chi connectivity index (χ0) is 17.7. The average molecular weight is 377 g/mol. The fourth-order valence-corrected chi connectivity index (χ4v) is 4.24. The van der Waals surface area contributed by atoms with Gasteiger partial charge in [0.2, 0.25) is 0 Å². The van der Waals surface area contributed by atoms with Gasteiger partial charge in [0.1, 0.15) is 15.8 Å². The first-order valence-electron chi connectivity index (χ1n) is 7.54. The molecule has 3 rings (SSSR count). The molecule has 1 aromatic carbocycles. The van der Waals surface area contributed by atoms with E-state index in [-0.39, 0.29) is 10.0 Å². The normalized spacial score (nSPS) is 11.2. The Hall–Kier alpha value is -2.45. The number of benzene rings is 1. The van der Waals surface area contributed by atoms with Crippen molar-refractivity contribution in [1.82, 2.24) is 4.98 Å². The van der Waals surface area contributed by atoms with Gasteiger partial charge >= 0.3 is 0 Å². The van der Waals surface area contributed by atoms with E-state index >= 15 is 0 Å². The molecule has 0 amide bonds. The van der Waals surface area contributed by atoms with Gasteiger partial charge in [-0.2, -0.15) is 0 Å². The second-order valence-electron chi connectivity index (χ2n) is 5.24. The fourth-order valence-electron chi connectivity index (χ4n) is 2.21. The molecule has 0 aliphatic rings. The molecule has 2 N–H and O–H groups in total. The second-order valence-corrected chi connectivity index (χ2v) is 8.09. The number of sulfonamides is 1. The van der Waals surface area contributed by atoms with E-state index in [1.165, 1.54) is 12.3 Å². The molecule has 2 heterocycles. The molecule has 0 saturated heterocycles. The molecule has 0 unspecified atom stereocenters. The second kappa shape index (κ2) is 7.62. The van der Waals surface area contributed by atoms with Crippen molar-refractivity contribution < 1.29 is 12.8 Å². The Balaban J connectivity index is 1.56. The number of hydrogen-bond acceptors (Lipinski definition) is 5. The van der Waals surface area contributed by atoms with Crippen molar-refractivity contribution in [2.45, 2.75) is 10.6 Å². The van der Waals surface area contributed by atoms with Gasteiger partial charge in [-0.05, 0) is 41.6 Å². The lowest BCUT2D eigenvalue weighted by Crippen LogP contribution is -2.12. The van der Waals surface area contributed by atoms with Crippen LogP contribution in [0.15, 0.2) is 64.3 Å². The molecule has 5 nitrogen and oxygen atoms in total. The Kier molecular flexibility index (Phi) is 5.30. The molecule has 8 heteroatoms. The fraction of sp³-hybridized carbons (Fsp3) is 0.118. The smallest absolute Gasteiger partial charge is 0.271 e. The zero-order valence-electron chi connectivity index (χ0n) is 13.1. The minimum Gasteiger partial charge on any atom is -0.370 e. The van der Waals surface area contributed by atoms with Crippen LogP contribution in [0.4, 0.5) is 15.9 Å². The van der Waals surface area contributed by atoms with E-state index in [4.69, 9.17) is 0 Å². The maximum Gasteiger partial charge on any atom is 0.271 e. The highest BCUT2D eigenvalue weighted by Crippen LogP contribution is 2.20. The summed E-state index contributed by atoms with van der Waals surface area (Å²) in [6.45, 7) is 0.522. The lowest BCUT2D eigenvalue weighted by molar-refractivity contribution is 0.603. The highest BCUT2D eigenvalue weighted by Gasteiger charge is 2.15. The third kappa shape index (κ3) is 4.55. The van der Waals surface area contributed by atoms with Gasteiger partial charge in [-0.1, -0.05) is 24.3 Å². The summed E-state index contributed by atoms with van der Waals surface area (Å²) in [4.78, 5) is 4.17. The molecule has 25 heavy (non-hydrogen) atoms. The maximum absolute atomic E-state index is 13.5. The highest BCUT2D eigenvalue weighted by atomic mass is 32.2. The van der Waals surface area contributed by atoms with E-state index in [1.54, 1.807) is 47.8 Å². The van der Waals surface area contributed by atoms with E-state index in [0.29, 0.717) is 30.0 Å². The Morgan fingerprint density at radius 1 is 1.08 bits per heavy atom. The lowest BCUT2D eigenvalue weighted by Gasteiger charge is -2.09. The predicted octanol–water partition coefficient (Wildman–Crippen LogP) is 3.74. The standard InChI is InChI=1S/C17H16FN3O2S2/c18-15-5-2-1-4-13(15)9-10-19-16-8-7-14(12-20-16)21-25(22,23)17-6-3-11-24-17/h1-8,11-12,21H,9-10H2,(H,19,20). The van der Waals surface area contributed by atoms with Crippen LogP contribution in [0.25, 0.3) is 0 Å². The average Bonchev–Trinajstić information content (AvgIpc) is 3.13. The number of nitrogens with one attached hydrogen (secondary N) is 2. The maximum atomic E-state index is 13.5. The van der Waals surface area contributed by atoms with Crippen molar-refractivity contribution in [3.63, 3.8) is 0 Å². The molecule has 3 aromatic rings. The topological polar surface area (TPSA) is 71.1 Å². The van der Waals surface area contributed by atoms with Crippen molar-refractivity contribution in [2.75, 3.05) is 16.6 Å². The number of thiophene rings is 1. The summed E-state index contributed by atoms with van der Waals surface area (Å²) in [6.07, 6.45) is 1.97. The van der Waals surface area contributed by atoms with Gasteiger partial charge in [-0.15, -0.1) is 11.3 Å². The first kappa shape index (κ1) is 17.4. The van der Waals surface area contributed by atoms with E-state index in [2.05, 4.69) is 15.0 Å². The van der Waals surface area contributed by atoms with Crippen LogP contribution < -0.4 is 10.0 Å². The number of anilines is 2. The predicted molar refractivity (Wildman–Crippen MR) is 98.0 cm³/mol. The molecular formula is C17H16FN3O2S2. The monoisotopic (exact) mass is 377 g/mol. The summed E-state index contributed by atoms with van der Waals surface area (Å²) in [5, 5.41) is 4.79. The van der Waals surface area contributed by atoms with Crippen LogP contribution in [-0.2, 0) is 16.4 Å². The van der Waals surface area contributed by atoms with Crippen LogP contribution >= 0.6 is 11.3 Å². The van der Waals surface area contributed by atoms with Crippen molar-refractivity contribution in [2.24, 2.45) is 0 Å². The summed E-state index contributed by atoms with van der Waals surface area (Å²) in [6, 6.07) is 13.2. The summed E-state index contributed by atoms with van der Waals surface area (Å²) in [5.74, 6) is 0.367. The van der Waals surface area contributed by atoms with Crippen molar-refractivity contribution in [3.05, 3.63) is 71.5 Å². The van der Waals surface area contributed by atoms with Crippen LogP contribution in [0.2, 0.25) is 0 Å². The number of rotatable bonds is 7. The van der Waals surface area contributed by atoms with Gasteiger partial charge in [-0.25, -0.2) is 17.8 Å². The third-order valence-electron chi connectivity index (χ3n) is 3.43. The largest absolute Gasteiger partial charge is 0.370 e. The Labute approximate surface area is 149 Å². The minimum atomic E-state index is -3.57. The van der Waals surface area contributed by atoms with Gasteiger partial charge in [0.15, 0.2) is 0 Å². The van der Waals surface area contributed by atoms with Crippen LogP contribution in [0, 0.1) is 5.82 Å². The van der Waals surface area contributed by atoms with Crippen molar-refractivity contribution in [1.29, 1.82) is 0 Å². The molecule has 0 saturated carbocycles.